The van der Waals surface area contributed by atoms with Crippen LogP contribution in [0.25, 0.3) is 0 Å². The highest BCUT2D eigenvalue weighted by molar-refractivity contribution is 5.60. The summed E-state index contributed by atoms with van der Waals surface area (Å²) in [6, 6.07) is 12.0. The zero-order chi connectivity index (χ0) is 28.7. The minimum atomic E-state index is -4.53. The van der Waals surface area contributed by atoms with Gasteiger partial charge in [-0.05, 0) is 50.1 Å². The summed E-state index contributed by atoms with van der Waals surface area (Å²) in [6.45, 7) is 9.31. The Labute approximate surface area is 222 Å². The summed E-state index contributed by atoms with van der Waals surface area (Å²) in [5.74, 6) is 0. The first-order valence-corrected chi connectivity index (χ1v) is 12.4. The molecule has 0 saturated heterocycles. The lowest BCUT2D eigenvalue weighted by Crippen LogP contribution is -2.28. The zero-order valence-electron chi connectivity index (χ0n) is 22.2. The highest BCUT2D eigenvalue weighted by Gasteiger charge is 2.34. The summed E-state index contributed by atoms with van der Waals surface area (Å²) in [5, 5.41) is 28.5. The van der Waals surface area contributed by atoms with Crippen LogP contribution in [0.4, 0.5) is 30.2 Å². The normalized spacial score (nSPS) is 10.6. The molecule has 8 nitrogen and oxygen atoms in total. The fourth-order valence-corrected chi connectivity index (χ4v) is 3.68. The predicted octanol–water partition coefficient (Wildman–Crippen LogP) is 6.53. The third-order valence-corrected chi connectivity index (χ3v) is 5.68. The van der Waals surface area contributed by atoms with Gasteiger partial charge in [-0.15, -0.1) is 0 Å². The molecular formula is C27H34F3N5O3. The van der Waals surface area contributed by atoms with Crippen molar-refractivity contribution in [2.24, 2.45) is 0 Å². The van der Waals surface area contributed by atoms with Crippen LogP contribution in [0.1, 0.15) is 56.7 Å². The third kappa shape index (κ3) is 9.56. The second kappa shape index (κ2) is 16.1. The van der Waals surface area contributed by atoms with E-state index in [9.17, 15) is 23.3 Å². The van der Waals surface area contributed by atoms with Crippen molar-refractivity contribution in [2.45, 2.75) is 46.2 Å². The number of ether oxygens (including phenoxy) is 1. The van der Waals surface area contributed by atoms with Crippen molar-refractivity contribution in [3.8, 4) is 12.1 Å². The Bertz CT molecular complexity index is 1130. The fourth-order valence-electron chi connectivity index (χ4n) is 3.68. The number of hydrogen-bond donors (Lipinski definition) is 0. The number of nitro benzene ring substituents is 1. The number of rotatable bonds is 12. The van der Waals surface area contributed by atoms with Gasteiger partial charge in [-0.3, -0.25) is 10.1 Å². The van der Waals surface area contributed by atoms with Gasteiger partial charge in [0.05, 0.1) is 28.7 Å². The lowest BCUT2D eigenvalue weighted by Gasteiger charge is -2.25. The Kier molecular flexibility index (Phi) is 13.6. The lowest BCUT2D eigenvalue weighted by atomic mass is 10.1. The van der Waals surface area contributed by atoms with E-state index in [1.54, 1.807) is 25.3 Å². The molecule has 0 fully saturated rings. The largest absolute Gasteiger partial charge is 0.417 e. The van der Waals surface area contributed by atoms with E-state index in [4.69, 9.17) is 15.3 Å². The number of hydrogen-bond acceptors (Lipinski definition) is 7. The van der Waals surface area contributed by atoms with Crippen LogP contribution < -0.4 is 9.80 Å². The molecule has 0 amide bonds. The number of nitrogens with zero attached hydrogens (tertiary/aromatic N) is 5. The molecule has 11 heteroatoms. The summed E-state index contributed by atoms with van der Waals surface area (Å²) in [6.07, 6.45) is -1.60. The molecule has 0 aliphatic rings. The van der Waals surface area contributed by atoms with E-state index in [0.29, 0.717) is 25.4 Å². The Balaban J connectivity index is 0.000000382. The maximum atomic E-state index is 12.9. The first-order valence-electron chi connectivity index (χ1n) is 12.4. The van der Waals surface area contributed by atoms with Crippen LogP contribution >= 0.6 is 0 Å². The van der Waals surface area contributed by atoms with Crippen LogP contribution in [-0.4, -0.2) is 44.8 Å². The number of unbranched alkanes of at least 4 members (excludes halogenated alkanes) is 1. The third-order valence-electron chi connectivity index (χ3n) is 5.68. The number of nitriles is 2. The first-order chi connectivity index (χ1) is 18.1. The highest BCUT2D eigenvalue weighted by Crippen LogP contribution is 2.34. The molecule has 0 unspecified atom stereocenters. The van der Waals surface area contributed by atoms with E-state index >= 15 is 0 Å². The summed E-state index contributed by atoms with van der Waals surface area (Å²) in [4.78, 5) is 14.3. The van der Waals surface area contributed by atoms with Gasteiger partial charge < -0.3 is 14.5 Å². The van der Waals surface area contributed by atoms with Crippen molar-refractivity contribution in [3.63, 3.8) is 0 Å². The molecule has 206 valence electrons. The van der Waals surface area contributed by atoms with Gasteiger partial charge in [0.1, 0.15) is 11.6 Å². The van der Waals surface area contributed by atoms with E-state index in [1.807, 2.05) is 24.8 Å². The highest BCUT2D eigenvalue weighted by atomic mass is 19.4. The van der Waals surface area contributed by atoms with E-state index in [2.05, 4.69) is 11.8 Å². The van der Waals surface area contributed by atoms with Crippen LogP contribution in [0.15, 0.2) is 36.4 Å². The standard InChI is InChI=1S/C14H17F3N2O.C13H17N3O2/c1-3-6-19(7-8-20-2)12-5-4-11(10-18)13(9-12)14(15,16)17;1-3-5-8-15(4-2)12-7-6-11(10-14)13(9-12)16(17)18/h4-5,9H,3,6-8H2,1-2H3;6-7,9H,3-5,8H2,1-2H3. The quantitative estimate of drug-likeness (QED) is 0.225. The van der Waals surface area contributed by atoms with Crippen LogP contribution in [-0.2, 0) is 10.9 Å². The Morgan fingerprint density at radius 2 is 1.53 bits per heavy atom. The minimum Gasteiger partial charge on any atom is -0.383 e. The van der Waals surface area contributed by atoms with Crippen molar-refractivity contribution in [3.05, 3.63) is 63.2 Å². The van der Waals surface area contributed by atoms with Crippen molar-refractivity contribution in [2.75, 3.05) is 49.7 Å². The van der Waals surface area contributed by atoms with E-state index in [0.717, 1.165) is 44.1 Å². The van der Waals surface area contributed by atoms with Crippen LogP contribution in [0.5, 0.6) is 0 Å². The summed E-state index contributed by atoms with van der Waals surface area (Å²) in [7, 11) is 1.55. The topological polar surface area (TPSA) is 106 Å². The van der Waals surface area contributed by atoms with Crippen LogP contribution in [0.2, 0.25) is 0 Å². The Morgan fingerprint density at radius 1 is 0.921 bits per heavy atom. The molecule has 0 radical (unpaired) electrons. The second-order valence-corrected chi connectivity index (χ2v) is 8.32. The minimum absolute atomic E-state index is 0.107. The molecule has 0 spiro atoms. The molecule has 38 heavy (non-hydrogen) atoms. The smallest absolute Gasteiger partial charge is 0.383 e. The molecular weight excluding hydrogens is 499 g/mol. The van der Waals surface area contributed by atoms with Crippen LogP contribution in [0, 0.1) is 32.8 Å². The first kappa shape index (κ1) is 32.2. The molecule has 2 aromatic rings. The molecule has 0 aliphatic heterocycles. The van der Waals surface area contributed by atoms with E-state index in [1.165, 1.54) is 18.2 Å². The molecule has 0 saturated carbocycles. The van der Waals surface area contributed by atoms with E-state index < -0.39 is 16.7 Å². The van der Waals surface area contributed by atoms with Gasteiger partial charge in [0, 0.05) is 50.7 Å². The van der Waals surface area contributed by atoms with Gasteiger partial charge in [-0.25, -0.2) is 0 Å². The summed E-state index contributed by atoms with van der Waals surface area (Å²) < 4.78 is 43.7. The summed E-state index contributed by atoms with van der Waals surface area (Å²) in [5.41, 5.74) is -0.00687. The number of methoxy groups -OCH3 is 1. The van der Waals surface area contributed by atoms with Crippen LogP contribution in [0.3, 0.4) is 0 Å². The molecule has 0 aromatic heterocycles. The maximum absolute atomic E-state index is 12.9. The zero-order valence-corrected chi connectivity index (χ0v) is 22.2. The molecule has 0 N–H and O–H groups in total. The molecule has 0 atom stereocenters. The molecule has 2 aromatic carbocycles. The number of halogens is 3. The lowest BCUT2D eigenvalue weighted by molar-refractivity contribution is -0.385. The second-order valence-electron chi connectivity index (χ2n) is 8.32. The van der Waals surface area contributed by atoms with Crippen molar-refractivity contribution < 1.29 is 22.8 Å². The van der Waals surface area contributed by atoms with Crippen molar-refractivity contribution in [1.29, 1.82) is 10.5 Å². The van der Waals surface area contributed by atoms with E-state index in [-0.39, 0.29) is 16.8 Å². The van der Waals surface area contributed by atoms with Crippen molar-refractivity contribution in [1.82, 2.24) is 0 Å². The van der Waals surface area contributed by atoms with Gasteiger partial charge >= 0.3 is 6.18 Å². The average molecular weight is 534 g/mol. The fraction of sp³-hybridized carbons (Fsp3) is 0.481. The number of benzene rings is 2. The van der Waals surface area contributed by atoms with Gasteiger partial charge in [-0.1, -0.05) is 20.3 Å². The molecule has 0 heterocycles. The number of nitro groups is 1. The Morgan fingerprint density at radius 3 is 2.00 bits per heavy atom. The Hall–Kier alpha value is -3.83. The molecule has 0 bridgehead atoms. The van der Waals surface area contributed by atoms with Crippen molar-refractivity contribution >= 4 is 17.1 Å². The van der Waals surface area contributed by atoms with Gasteiger partial charge in [0.15, 0.2) is 0 Å². The SMILES string of the molecule is CCCCN(CC)c1ccc(C#N)c([N+](=O)[O-])c1.CCCN(CCOC)c1ccc(C#N)c(C(F)(F)F)c1. The number of alkyl halides is 3. The average Bonchev–Trinajstić information content (AvgIpc) is 2.90. The maximum Gasteiger partial charge on any atom is 0.417 e. The predicted molar refractivity (Wildman–Crippen MR) is 141 cm³/mol. The molecule has 0 aliphatic carbocycles. The number of anilines is 2. The van der Waals surface area contributed by atoms with Gasteiger partial charge in [0.25, 0.3) is 5.69 Å². The summed E-state index contributed by atoms with van der Waals surface area (Å²) >= 11 is 0. The van der Waals surface area contributed by atoms with Gasteiger partial charge in [-0.2, -0.15) is 23.7 Å². The monoisotopic (exact) mass is 533 g/mol. The molecule has 2 rings (SSSR count). The van der Waals surface area contributed by atoms with Gasteiger partial charge in [0.2, 0.25) is 0 Å².